The van der Waals surface area contributed by atoms with Gasteiger partial charge in [0.2, 0.25) is 0 Å². The van der Waals surface area contributed by atoms with Crippen LogP contribution in [0.25, 0.3) is 12.7 Å². The molecule has 0 saturated carbocycles. The molecule has 4 heteroatoms. The molecule has 1 fully saturated rings. The van der Waals surface area contributed by atoms with Gasteiger partial charge in [-0.15, -0.1) is 0 Å². The molecule has 1 amide bonds. The van der Waals surface area contributed by atoms with E-state index in [1.54, 1.807) is 0 Å². The molecule has 1 saturated heterocycles. The Labute approximate surface area is 122 Å². The topological polar surface area (TPSA) is 44.9 Å². The Hall–Kier alpha value is -1.29. The molecule has 0 aliphatic carbocycles. The normalized spacial score (nSPS) is 20.1. The molecule has 1 aromatic rings. The first-order valence-electron chi connectivity index (χ1n) is 7.60. The highest BCUT2D eigenvalue weighted by Crippen LogP contribution is 2.28. The first-order chi connectivity index (χ1) is 9.41. The van der Waals surface area contributed by atoms with Crippen molar-refractivity contribution in [3.8, 4) is 0 Å². The summed E-state index contributed by atoms with van der Waals surface area (Å²) in [6.45, 7) is 10.9. The van der Waals surface area contributed by atoms with Gasteiger partial charge >= 0.3 is 0 Å². The van der Waals surface area contributed by atoms with Gasteiger partial charge in [0.25, 0.3) is 5.91 Å². The summed E-state index contributed by atoms with van der Waals surface area (Å²) in [6.07, 6.45) is 5.27. The molecule has 1 aliphatic rings. The lowest BCUT2D eigenvalue weighted by molar-refractivity contribution is 0.0929. The van der Waals surface area contributed by atoms with E-state index in [4.69, 9.17) is 0 Å². The Bertz CT molecular complexity index is 578. The van der Waals surface area contributed by atoms with Crippen LogP contribution < -0.4 is 15.9 Å². The van der Waals surface area contributed by atoms with Crippen molar-refractivity contribution in [1.29, 1.82) is 0 Å². The zero-order chi connectivity index (χ0) is 14.8. The third-order valence-electron chi connectivity index (χ3n) is 4.26. The van der Waals surface area contributed by atoms with Crippen LogP contribution in [-0.2, 0) is 0 Å². The molecule has 2 rings (SSSR count). The van der Waals surface area contributed by atoms with Crippen LogP contribution in [0.4, 0.5) is 0 Å². The predicted molar refractivity (Wildman–Crippen MR) is 87.9 cm³/mol. The highest BCUT2D eigenvalue weighted by molar-refractivity contribution is 6.77. The zero-order valence-electron chi connectivity index (χ0n) is 12.9. The van der Waals surface area contributed by atoms with Gasteiger partial charge in [-0.2, -0.15) is 0 Å². The van der Waals surface area contributed by atoms with Gasteiger partial charge in [0.05, 0.1) is 0 Å². The Morgan fingerprint density at radius 2 is 2.15 bits per heavy atom. The van der Waals surface area contributed by atoms with Crippen molar-refractivity contribution in [3.63, 3.8) is 0 Å². The van der Waals surface area contributed by atoms with Crippen molar-refractivity contribution in [1.82, 2.24) is 10.3 Å². The number of H-pyrrole nitrogens is 1. The minimum absolute atomic E-state index is 0.0111. The first-order valence-corrected chi connectivity index (χ1v) is 11.0. The molecule has 0 bridgehead atoms. The highest BCUT2D eigenvalue weighted by Gasteiger charge is 2.29. The maximum Gasteiger partial charge on any atom is 0.267 e. The molecule has 110 valence electrons. The average Bonchev–Trinajstić information content (AvgIpc) is 2.74. The maximum atomic E-state index is 12.3. The van der Waals surface area contributed by atoms with Gasteiger partial charge in [-0.3, -0.25) is 4.79 Å². The molecule has 0 radical (unpaired) electrons. The van der Waals surface area contributed by atoms with Crippen molar-refractivity contribution in [2.75, 3.05) is 0 Å². The minimum atomic E-state index is -0.952. The van der Waals surface area contributed by atoms with Gasteiger partial charge in [0.15, 0.2) is 0 Å². The number of nitrogens with one attached hydrogen (secondary N) is 2. The van der Waals surface area contributed by atoms with Crippen molar-refractivity contribution in [3.05, 3.63) is 22.3 Å². The standard InChI is InChI=1S/C16H26N2OSi/c1-5-6-14-12(2)11-15(18-14)16(19)17-13-7-9-20(3,4)10-8-13/h6,11,13,18H,2,5,7-10H2,1,3-4H3,(H,17,19)/b14-6+. The monoisotopic (exact) mass is 290 g/mol. The van der Waals surface area contributed by atoms with Crippen molar-refractivity contribution < 1.29 is 4.79 Å². The number of aromatic nitrogens is 1. The number of carbonyl (C=O) groups excluding carboxylic acids is 1. The van der Waals surface area contributed by atoms with Gasteiger partial charge in [0.1, 0.15) is 5.69 Å². The van der Waals surface area contributed by atoms with E-state index >= 15 is 0 Å². The van der Waals surface area contributed by atoms with Crippen LogP contribution >= 0.6 is 0 Å². The number of amides is 1. The Balaban J connectivity index is 2.01. The van der Waals surface area contributed by atoms with Gasteiger partial charge in [-0.1, -0.05) is 44.8 Å². The van der Waals surface area contributed by atoms with Crippen LogP contribution in [-0.4, -0.2) is 25.0 Å². The fourth-order valence-electron chi connectivity index (χ4n) is 2.83. The van der Waals surface area contributed by atoms with Gasteiger partial charge in [-0.05, 0) is 30.5 Å². The number of carbonyl (C=O) groups is 1. The van der Waals surface area contributed by atoms with Crippen LogP contribution in [0.1, 0.15) is 36.7 Å². The van der Waals surface area contributed by atoms with Gasteiger partial charge in [-0.25, -0.2) is 0 Å². The number of hydrogen-bond acceptors (Lipinski definition) is 1. The highest BCUT2D eigenvalue weighted by atomic mass is 28.3. The molecule has 0 spiro atoms. The molecule has 1 aromatic heterocycles. The molecule has 2 heterocycles. The third-order valence-corrected chi connectivity index (χ3v) is 7.55. The Morgan fingerprint density at radius 1 is 1.50 bits per heavy atom. The summed E-state index contributed by atoms with van der Waals surface area (Å²) < 4.78 is 0. The van der Waals surface area contributed by atoms with Gasteiger partial charge in [0, 0.05) is 19.5 Å². The Kier molecular flexibility index (Phi) is 4.53. The quantitative estimate of drug-likeness (QED) is 0.824. The van der Waals surface area contributed by atoms with Crippen molar-refractivity contribution in [2.24, 2.45) is 0 Å². The number of aromatic amines is 1. The fourth-order valence-corrected chi connectivity index (χ4v) is 5.34. The van der Waals surface area contributed by atoms with E-state index in [0.717, 1.165) is 29.8 Å². The van der Waals surface area contributed by atoms with E-state index in [0.29, 0.717) is 11.7 Å². The summed E-state index contributed by atoms with van der Waals surface area (Å²) >= 11 is 0. The Morgan fingerprint density at radius 3 is 2.75 bits per heavy atom. The van der Waals surface area contributed by atoms with E-state index in [1.165, 1.54) is 12.1 Å². The maximum absolute atomic E-state index is 12.3. The van der Waals surface area contributed by atoms with Crippen LogP contribution in [0.2, 0.25) is 25.2 Å². The molecule has 3 nitrogen and oxygen atoms in total. The largest absolute Gasteiger partial charge is 0.351 e. The molecule has 0 unspecified atom stereocenters. The predicted octanol–water partition coefficient (Wildman–Crippen LogP) is 2.22. The molecular formula is C16H26N2OSi. The molecule has 2 N–H and O–H groups in total. The van der Waals surface area contributed by atoms with E-state index < -0.39 is 8.07 Å². The van der Waals surface area contributed by atoms with Crippen LogP contribution in [0, 0.1) is 0 Å². The summed E-state index contributed by atoms with van der Waals surface area (Å²) in [4.78, 5) is 15.4. The molecular weight excluding hydrogens is 264 g/mol. The van der Waals surface area contributed by atoms with E-state index in [9.17, 15) is 4.79 Å². The SMILES string of the molecule is C=c1cc(C(=O)NC2CC[Si](C)(C)CC2)[nH]/c1=C/CC. The van der Waals surface area contributed by atoms with Gasteiger partial charge < -0.3 is 10.3 Å². The molecule has 0 aromatic carbocycles. The molecule has 1 aliphatic heterocycles. The third kappa shape index (κ3) is 3.63. The summed E-state index contributed by atoms with van der Waals surface area (Å²) in [7, 11) is -0.952. The second kappa shape index (κ2) is 6.00. The van der Waals surface area contributed by atoms with Crippen LogP contribution in [0.5, 0.6) is 0 Å². The molecule has 0 atom stereocenters. The average molecular weight is 290 g/mol. The van der Waals surface area contributed by atoms with Crippen molar-refractivity contribution in [2.45, 2.75) is 57.4 Å². The first kappa shape index (κ1) is 15.1. The lowest BCUT2D eigenvalue weighted by Gasteiger charge is -2.33. The summed E-state index contributed by atoms with van der Waals surface area (Å²) in [5.74, 6) is 0.0111. The van der Waals surface area contributed by atoms with Crippen LogP contribution in [0.15, 0.2) is 6.07 Å². The minimum Gasteiger partial charge on any atom is -0.351 e. The summed E-state index contributed by atoms with van der Waals surface area (Å²) in [6, 6.07) is 4.83. The zero-order valence-corrected chi connectivity index (χ0v) is 13.9. The fraction of sp³-hybridized carbons (Fsp3) is 0.562. The lowest BCUT2D eigenvalue weighted by atomic mass is 10.1. The van der Waals surface area contributed by atoms with Crippen LogP contribution in [0.3, 0.4) is 0 Å². The second-order valence-electron chi connectivity index (χ2n) is 6.65. The summed E-state index contributed by atoms with van der Waals surface area (Å²) in [5, 5.41) is 5.03. The lowest BCUT2D eigenvalue weighted by Crippen LogP contribution is -2.42. The smallest absolute Gasteiger partial charge is 0.267 e. The summed E-state index contributed by atoms with van der Waals surface area (Å²) in [5.41, 5.74) is 0.636. The van der Waals surface area contributed by atoms with E-state index in [1.807, 2.05) is 6.07 Å². The second-order valence-corrected chi connectivity index (χ2v) is 12.0. The van der Waals surface area contributed by atoms with E-state index in [-0.39, 0.29) is 5.91 Å². The van der Waals surface area contributed by atoms with Crippen molar-refractivity contribution >= 4 is 26.6 Å². The number of hydrogen-bond donors (Lipinski definition) is 2. The molecule has 20 heavy (non-hydrogen) atoms. The van der Waals surface area contributed by atoms with E-state index in [2.05, 4.69) is 43.0 Å². The number of rotatable bonds is 3.